The number of methoxy groups -OCH3 is 2. The number of carbonyl (C=O) groups excluding carboxylic acids is 3. The Bertz CT molecular complexity index is 679. The highest BCUT2D eigenvalue weighted by Gasteiger charge is 2.24. The van der Waals surface area contributed by atoms with Crippen molar-refractivity contribution in [1.82, 2.24) is 4.90 Å². The van der Waals surface area contributed by atoms with E-state index in [0.29, 0.717) is 11.8 Å². The van der Waals surface area contributed by atoms with E-state index in [1.54, 1.807) is 0 Å². The van der Waals surface area contributed by atoms with Gasteiger partial charge in [-0.25, -0.2) is 9.59 Å². The Morgan fingerprint density at radius 3 is 2.27 bits per heavy atom. The fourth-order valence-electron chi connectivity index (χ4n) is 3.49. The SMILES string of the molecule is COC(=O)c1ccc(C(=O)OC)c(NC(=O)CN2C[C@H](C)C[C@@H](C)C2)c1. The molecule has 1 fully saturated rings. The number of nitrogens with zero attached hydrogens (tertiary/aromatic N) is 1. The monoisotopic (exact) mass is 362 g/mol. The molecule has 1 aliphatic rings. The van der Waals surface area contributed by atoms with Gasteiger partial charge in [0.1, 0.15) is 0 Å². The molecule has 1 aromatic carbocycles. The second kappa shape index (κ2) is 8.80. The van der Waals surface area contributed by atoms with Crippen molar-refractivity contribution in [2.24, 2.45) is 11.8 Å². The Morgan fingerprint density at radius 1 is 1.08 bits per heavy atom. The van der Waals surface area contributed by atoms with Crippen molar-refractivity contribution in [3.63, 3.8) is 0 Å². The van der Waals surface area contributed by atoms with E-state index in [0.717, 1.165) is 19.5 Å². The highest BCUT2D eigenvalue weighted by molar-refractivity contribution is 6.03. The zero-order chi connectivity index (χ0) is 19.3. The van der Waals surface area contributed by atoms with Crippen molar-refractivity contribution in [2.45, 2.75) is 20.3 Å². The van der Waals surface area contributed by atoms with E-state index in [1.807, 2.05) is 0 Å². The lowest BCUT2D eigenvalue weighted by Gasteiger charge is -2.34. The molecule has 142 valence electrons. The molecule has 0 bridgehead atoms. The summed E-state index contributed by atoms with van der Waals surface area (Å²) < 4.78 is 9.44. The van der Waals surface area contributed by atoms with Gasteiger partial charge in [0.15, 0.2) is 0 Å². The first-order chi connectivity index (χ1) is 12.3. The summed E-state index contributed by atoms with van der Waals surface area (Å²) in [4.78, 5) is 38.3. The molecule has 2 atom stereocenters. The molecule has 1 N–H and O–H groups in total. The molecular weight excluding hydrogens is 336 g/mol. The van der Waals surface area contributed by atoms with E-state index >= 15 is 0 Å². The zero-order valence-electron chi connectivity index (χ0n) is 15.7. The van der Waals surface area contributed by atoms with E-state index in [9.17, 15) is 14.4 Å². The number of piperidine rings is 1. The third-order valence-corrected chi connectivity index (χ3v) is 4.43. The summed E-state index contributed by atoms with van der Waals surface area (Å²) in [6.45, 7) is 6.32. The molecule has 1 saturated heterocycles. The number of carbonyl (C=O) groups is 3. The Hall–Kier alpha value is -2.41. The lowest BCUT2D eigenvalue weighted by atomic mass is 9.92. The number of amides is 1. The van der Waals surface area contributed by atoms with Gasteiger partial charge in [-0.3, -0.25) is 9.69 Å². The van der Waals surface area contributed by atoms with E-state index in [1.165, 1.54) is 32.4 Å². The van der Waals surface area contributed by atoms with Gasteiger partial charge in [0, 0.05) is 13.1 Å². The normalized spacial score (nSPS) is 20.3. The second-order valence-corrected chi connectivity index (χ2v) is 6.93. The van der Waals surface area contributed by atoms with E-state index in [2.05, 4.69) is 24.1 Å². The molecule has 7 nitrogen and oxygen atoms in total. The summed E-state index contributed by atoms with van der Waals surface area (Å²) in [6, 6.07) is 4.33. The number of benzene rings is 1. The number of hydrogen-bond donors (Lipinski definition) is 1. The average molecular weight is 362 g/mol. The van der Waals surface area contributed by atoms with Crippen molar-refractivity contribution in [1.29, 1.82) is 0 Å². The first-order valence-electron chi connectivity index (χ1n) is 8.67. The molecule has 7 heteroatoms. The summed E-state index contributed by atoms with van der Waals surface area (Å²) in [5.74, 6) is -0.286. The summed E-state index contributed by atoms with van der Waals surface area (Å²) in [7, 11) is 2.53. The van der Waals surface area contributed by atoms with Crippen LogP contribution in [0.2, 0.25) is 0 Å². The number of anilines is 1. The molecule has 1 aromatic rings. The Labute approximate surface area is 153 Å². The Morgan fingerprint density at radius 2 is 1.69 bits per heavy atom. The third-order valence-electron chi connectivity index (χ3n) is 4.43. The highest BCUT2D eigenvalue weighted by Crippen LogP contribution is 2.22. The van der Waals surface area contributed by atoms with Crippen LogP contribution in [0, 0.1) is 11.8 Å². The predicted octanol–water partition coefficient (Wildman–Crippen LogP) is 2.18. The van der Waals surface area contributed by atoms with E-state index in [-0.39, 0.29) is 29.3 Å². The molecule has 0 aliphatic carbocycles. The molecule has 1 amide bonds. The minimum Gasteiger partial charge on any atom is -0.465 e. The number of likely N-dealkylation sites (tertiary alicyclic amines) is 1. The summed E-state index contributed by atoms with van der Waals surface area (Å²) in [5.41, 5.74) is 0.674. The van der Waals surface area contributed by atoms with Crippen LogP contribution < -0.4 is 5.32 Å². The van der Waals surface area contributed by atoms with Crippen LogP contribution in [0.25, 0.3) is 0 Å². The van der Waals surface area contributed by atoms with Crippen LogP contribution in [0.1, 0.15) is 41.0 Å². The van der Waals surface area contributed by atoms with Crippen molar-refractivity contribution >= 4 is 23.5 Å². The fraction of sp³-hybridized carbons (Fsp3) is 0.526. The van der Waals surface area contributed by atoms with Gasteiger partial charge >= 0.3 is 11.9 Å². The fourth-order valence-corrected chi connectivity index (χ4v) is 3.49. The molecular formula is C19H26N2O5. The minimum absolute atomic E-state index is 0.189. The first-order valence-corrected chi connectivity index (χ1v) is 8.67. The van der Waals surface area contributed by atoms with Crippen molar-refractivity contribution < 1.29 is 23.9 Å². The van der Waals surface area contributed by atoms with Gasteiger partial charge in [-0.1, -0.05) is 13.8 Å². The lowest BCUT2D eigenvalue weighted by Crippen LogP contribution is -2.43. The van der Waals surface area contributed by atoms with Crippen LogP contribution in [0.4, 0.5) is 5.69 Å². The molecule has 0 unspecified atom stereocenters. The molecule has 0 radical (unpaired) electrons. The number of nitrogens with one attached hydrogen (secondary N) is 1. The first kappa shape index (κ1) is 19.9. The van der Waals surface area contributed by atoms with E-state index < -0.39 is 11.9 Å². The minimum atomic E-state index is -0.586. The maximum atomic E-state index is 12.5. The van der Waals surface area contributed by atoms with Crippen LogP contribution >= 0.6 is 0 Å². The quantitative estimate of drug-likeness (QED) is 0.808. The maximum Gasteiger partial charge on any atom is 0.339 e. The summed E-state index contributed by atoms with van der Waals surface area (Å²) in [6.07, 6.45) is 1.16. The molecule has 0 aromatic heterocycles. The van der Waals surface area contributed by atoms with Gasteiger partial charge in [0.05, 0.1) is 37.6 Å². The van der Waals surface area contributed by atoms with Crippen LogP contribution in [0.3, 0.4) is 0 Å². The molecule has 26 heavy (non-hydrogen) atoms. The zero-order valence-corrected chi connectivity index (χ0v) is 15.7. The molecule has 2 rings (SSSR count). The van der Waals surface area contributed by atoms with Gasteiger partial charge in [-0.05, 0) is 36.5 Å². The third kappa shape index (κ3) is 5.05. The lowest BCUT2D eigenvalue weighted by molar-refractivity contribution is -0.117. The van der Waals surface area contributed by atoms with Crippen LogP contribution in [-0.4, -0.2) is 56.6 Å². The van der Waals surface area contributed by atoms with Crippen molar-refractivity contribution in [3.05, 3.63) is 29.3 Å². The van der Waals surface area contributed by atoms with E-state index in [4.69, 9.17) is 9.47 Å². The summed E-state index contributed by atoms with van der Waals surface area (Å²) >= 11 is 0. The Kier molecular flexibility index (Phi) is 6.74. The predicted molar refractivity (Wildman–Crippen MR) is 97.1 cm³/mol. The van der Waals surface area contributed by atoms with Crippen LogP contribution in [0.5, 0.6) is 0 Å². The number of hydrogen-bond acceptors (Lipinski definition) is 6. The van der Waals surface area contributed by atoms with Gasteiger partial charge in [-0.15, -0.1) is 0 Å². The molecule has 1 heterocycles. The Balaban J connectivity index is 2.16. The van der Waals surface area contributed by atoms with Gasteiger partial charge < -0.3 is 14.8 Å². The van der Waals surface area contributed by atoms with Crippen molar-refractivity contribution in [3.8, 4) is 0 Å². The average Bonchev–Trinajstić information content (AvgIpc) is 2.59. The standard InChI is InChI=1S/C19H26N2O5/c1-12-7-13(2)10-21(9-12)11-17(22)20-16-8-14(18(23)25-3)5-6-15(16)19(24)26-4/h5-6,8,12-13H,7,9-11H2,1-4H3,(H,20,22)/t12-,13-/m1/s1. The number of rotatable bonds is 5. The molecule has 0 saturated carbocycles. The largest absolute Gasteiger partial charge is 0.465 e. The van der Waals surface area contributed by atoms with Gasteiger partial charge in [0.25, 0.3) is 0 Å². The maximum absolute atomic E-state index is 12.5. The second-order valence-electron chi connectivity index (χ2n) is 6.93. The topological polar surface area (TPSA) is 84.9 Å². The van der Waals surface area contributed by atoms with Gasteiger partial charge in [-0.2, -0.15) is 0 Å². The molecule has 0 spiro atoms. The molecule has 1 aliphatic heterocycles. The highest BCUT2D eigenvalue weighted by atomic mass is 16.5. The van der Waals surface area contributed by atoms with Gasteiger partial charge in [0.2, 0.25) is 5.91 Å². The number of ether oxygens (including phenoxy) is 2. The van der Waals surface area contributed by atoms with Crippen LogP contribution in [-0.2, 0) is 14.3 Å². The van der Waals surface area contributed by atoms with Crippen molar-refractivity contribution in [2.75, 3.05) is 39.2 Å². The smallest absolute Gasteiger partial charge is 0.339 e. The number of esters is 2. The van der Waals surface area contributed by atoms with Crippen LogP contribution in [0.15, 0.2) is 18.2 Å². The summed E-state index contributed by atoms with van der Waals surface area (Å²) in [5, 5.41) is 2.73.